The molecule has 0 amide bonds. The molecule has 0 aliphatic heterocycles. The van der Waals surface area contributed by atoms with Gasteiger partial charge in [-0.25, -0.2) is 9.18 Å². The van der Waals surface area contributed by atoms with Crippen LogP contribution in [-0.4, -0.2) is 17.2 Å². The molecular weight excluding hydrogens is 475 g/mol. The number of carbonyl (C=O) groups excluding carboxylic acids is 1. The normalized spacial score (nSPS) is 14.7. The number of hydrogen-bond acceptors (Lipinski definition) is 2. The molecule has 2 aromatic rings. The standard InChI is InChI=1S/C22H23Br2FO2/c1-2-27-21(26)22(24,25)16-18(13-12-17-8-4-3-5-9-17)14-15-19-10-6-7-11-20(19)23/h3-11,14-15,18H,2,12-13,16H2,1H3/b15-14+. The number of carbonyl (C=O) groups is 1. The zero-order valence-electron chi connectivity index (χ0n) is 15.2. The fraction of sp³-hybridized carbons (Fsp3) is 0.318. The molecule has 0 aliphatic rings. The second kappa shape index (κ2) is 10.8. The largest absolute Gasteiger partial charge is 0.463 e. The number of alkyl halides is 2. The lowest BCUT2D eigenvalue weighted by atomic mass is 9.93. The minimum Gasteiger partial charge on any atom is -0.463 e. The Bertz CT molecular complexity index is 760. The van der Waals surface area contributed by atoms with Crippen LogP contribution in [-0.2, 0) is 16.0 Å². The smallest absolute Gasteiger partial charge is 0.355 e. The minimum atomic E-state index is -2.19. The highest BCUT2D eigenvalue weighted by Crippen LogP contribution is 2.33. The summed E-state index contributed by atoms with van der Waals surface area (Å²) in [6.45, 7) is 1.82. The van der Waals surface area contributed by atoms with Crippen molar-refractivity contribution in [1.82, 2.24) is 0 Å². The second-order valence-corrected chi connectivity index (χ2v) is 8.41. The van der Waals surface area contributed by atoms with Crippen LogP contribution in [0.4, 0.5) is 4.39 Å². The van der Waals surface area contributed by atoms with Crippen molar-refractivity contribution in [1.29, 1.82) is 0 Å². The molecule has 0 fully saturated rings. The molecule has 2 atom stereocenters. The molecule has 2 nitrogen and oxygen atoms in total. The molecule has 27 heavy (non-hydrogen) atoms. The average molecular weight is 498 g/mol. The van der Waals surface area contributed by atoms with E-state index in [4.69, 9.17) is 4.74 Å². The van der Waals surface area contributed by atoms with Gasteiger partial charge in [-0.2, -0.15) is 0 Å². The van der Waals surface area contributed by atoms with E-state index in [0.717, 1.165) is 22.9 Å². The summed E-state index contributed by atoms with van der Waals surface area (Å²) in [6.07, 6.45) is 5.48. The number of aryl methyl sites for hydroxylation is 1. The molecule has 0 N–H and O–H groups in total. The fourth-order valence-corrected chi connectivity index (χ4v) is 3.71. The molecule has 0 heterocycles. The van der Waals surface area contributed by atoms with Gasteiger partial charge in [0.2, 0.25) is 0 Å². The van der Waals surface area contributed by atoms with Crippen LogP contribution in [0.25, 0.3) is 6.08 Å². The Morgan fingerprint density at radius 1 is 1.19 bits per heavy atom. The summed E-state index contributed by atoms with van der Waals surface area (Å²) in [5.41, 5.74) is 2.20. The van der Waals surface area contributed by atoms with Crippen LogP contribution in [0, 0.1) is 5.92 Å². The van der Waals surface area contributed by atoms with Gasteiger partial charge in [-0.1, -0.05) is 76.6 Å². The van der Waals surface area contributed by atoms with Crippen LogP contribution in [0.15, 0.2) is 65.1 Å². The third-order valence-electron chi connectivity index (χ3n) is 4.19. The van der Waals surface area contributed by atoms with E-state index in [1.54, 1.807) is 6.92 Å². The Morgan fingerprint density at radius 3 is 2.52 bits per heavy atom. The SMILES string of the molecule is CCOC(=O)C(F)(Br)CC(/C=C/c1ccccc1Br)CCc1ccccc1. The Hall–Kier alpha value is -1.46. The maximum absolute atomic E-state index is 14.9. The second-order valence-electron chi connectivity index (χ2n) is 6.29. The molecule has 0 aromatic heterocycles. The molecule has 0 saturated carbocycles. The van der Waals surface area contributed by atoms with Crippen LogP contribution in [0.3, 0.4) is 0 Å². The first-order valence-electron chi connectivity index (χ1n) is 8.94. The summed E-state index contributed by atoms with van der Waals surface area (Å²) in [7, 11) is 0. The lowest BCUT2D eigenvalue weighted by molar-refractivity contribution is -0.151. The average Bonchev–Trinajstić information content (AvgIpc) is 2.66. The number of esters is 1. The molecule has 5 heteroatoms. The number of hydrogen-bond donors (Lipinski definition) is 0. The molecule has 0 bridgehead atoms. The van der Waals surface area contributed by atoms with E-state index in [2.05, 4.69) is 44.0 Å². The van der Waals surface area contributed by atoms with Crippen molar-refractivity contribution in [2.24, 2.45) is 5.92 Å². The van der Waals surface area contributed by atoms with Crippen LogP contribution in [0.1, 0.15) is 30.9 Å². The highest BCUT2D eigenvalue weighted by molar-refractivity contribution is 9.10. The molecule has 2 rings (SSSR count). The Balaban J connectivity index is 2.14. The summed E-state index contributed by atoms with van der Waals surface area (Å²) >= 11 is 6.45. The lowest BCUT2D eigenvalue weighted by Crippen LogP contribution is -2.31. The zero-order valence-corrected chi connectivity index (χ0v) is 18.4. The van der Waals surface area contributed by atoms with Gasteiger partial charge < -0.3 is 4.74 Å². The number of benzene rings is 2. The Labute approximate surface area is 177 Å². The van der Waals surface area contributed by atoms with Gasteiger partial charge in [0.15, 0.2) is 0 Å². The molecule has 0 saturated heterocycles. The molecule has 2 unspecified atom stereocenters. The zero-order chi connectivity index (χ0) is 19.7. The first kappa shape index (κ1) is 21.8. The van der Waals surface area contributed by atoms with E-state index >= 15 is 0 Å². The molecular formula is C22H23Br2FO2. The first-order valence-corrected chi connectivity index (χ1v) is 10.5. The summed E-state index contributed by atoms with van der Waals surface area (Å²) in [6, 6.07) is 17.9. The molecule has 0 aliphatic carbocycles. The summed E-state index contributed by atoms with van der Waals surface area (Å²) in [5, 5.41) is 0. The highest BCUT2D eigenvalue weighted by Gasteiger charge is 2.39. The molecule has 144 valence electrons. The quantitative estimate of drug-likeness (QED) is 0.283. The Morgan fingerprint density at radius 2 is 1.85 bits per heavy atom. The fourth-order valence-electron chi connectivity index (χ4n) is 2.76. The predicted molar refractivity (Wildman–Crippen MR) is 115 cm³/mol. The first-order chi connectivity index (χ1) is 12.9. The number of ether oxygens (including phenoxy) is 1. The third kappa shape index (κ3) is 7.23. The number of rotatable bonds is 9. The Kier molecular flexibility index (Phi) is 8.71. The topological polar surface area (TPSA) is 26.3 Å². The van der Waals surface area contributed by atoms with E-state index in [9.17, 15) is 9.18 Å². The van der Waals surface area contributed by atoms with Crippen molar-refractivity contribution in [2.75, 3.05) is 6.61 Å². The van der Waals surface area contributed by atoms with Crippen molar-refractivity contribution < 1.29 is 13.9 Å². The van der Waals surface area contributed by atoms with E-state index in [0.29, 0.717) is 0 Å². The van der Waals surface area contributed by atoms with Gasteiger partial charge in [0.25, 0.3) is 4.58 Å². The minimum absolute atomic E-state index is 0.0135. The van der Waals surface area contributed by atoms with Crippen molar-refractivity contribution in [2.45, 2.75) is 30.8 Å². The van der Waals surface area contributed by atoms with Gasteiger partial charge in [-0.15, -0.1) is 0 Å². The van der Waals surface area contributed by atoms with Gasteiger partial charge in [0.05, 0.1) is 6.61 Å². The van der Waals surface area contributed by atoms with Gasteiger partial charge in [-0.05, 0) is 58.8 Å². The van der Waals surface area contributed by atoms with Gasteiger partial charge in [0.1, 0.15) is 0 Å². The van der Waals surface area contributed by atoms with Crippen LogP contribution < -0.4 is 0 Å². The van der Waals surface area contributed by atoms with E-state index in [1.807, 2.05) is 54.6 Å². The third-order valence-corrected chi connectivity index (χ3v) is 5.56. The van der Waals surface area contributed by atoms with E-state index in [1.165, 1.54) is 5.56 Å². The predicted octanol–water partition coefficient (Wildman–Crippen LogP) is 6.73. The van der Waals surface area contributed by atoms with Gasteiger partial charge >= 0.3 is 5.97 Å². The van der Waals surface area contributed by atoms with Crippen molar-refractivity contribution >= 4 is 43.9 Å². The van der Waals surface area contributed by atoms with Gasteiger partial charge in [-0.3, -0.25) is 0 Å². The highest BCUT2D eigenvalue weighted by atomic mass is 79.9. The molecule has 0 radical (unpaired) electrons. The summed E-state index contributed by atoms with van der Waals surface area (Å²) in [4.78, 5) is 11.9. The van der Waals surface area contributed by atoms with Crippen molar-refractivity contribution in [3.8, 4) is 0 Å². The van der Waals surface area contributed by atoms with Crippen molar-refractivity contribution in [3.05, 3.63) is 76.3 Å². The maximum Gasteiger partial charge on any atom is 0.355 e. The van der Waals surface area contributed by atoms with Crippen LogP contribution >= 0.6 is 31.9 Å². The monoisotopic (exact) mass is 496 g/mol. The maximum atomic E-state index is 14.9. The lowest BCUT2D eigenvalue weighted by Gasteiger charge is -2.21. The molecule has 2 aromatic carbocycles. The summed E-state index contributed by atoms with van der Waals surface area (Å²) in [5.74, 6) is -1.00. The molecule has 0 spiro atoms. The summed E-state index contributed by atoms with van der Waals surface area (Å²) < 4.78 is 18.5. The number of halogens is 3. The number of allylic oxidation sites excluding steroid dienone is 1. The van der Waals surface area contributed by atoms with Crippen LogP contribution in [0.2, 0.25) is 0 Å². The van der Waals surface area contributed by atoms with E-state index < -0.39 is 10.5 Å². The van der Waals surface area contributed by atoms with Crippen LogP contribution in [0.5, 0.6) is 0 Å². The van der Waals surface area contributed by atoms with Crippen molar-refractivity contribution in [3.63, 3.8) is 0 Å². The van der Waals surface area contributed by atoms with Gasteiger partial charge in [0, 0.05) is 10.9 Å². The van der Waals surface area contributed by atoms with E-state index in [-0.39, 0.29) is 18.9 Å².